The Bertz CT molecular complexity index is 1460. The van der Waals surface area contributed by atoms with Crippen LogP contribution in [0.1, 0.15) is 22.3 Å². The van der Waals surface area contributed by atoms with Gasteiger partial charge in [-0.05, 0) is 12.1 Å². The Morgan fingerprint density at radius 1 is 0.694 bits per heavy atom. The minimum Gasteiger partial charge on any atom is -0.349 e. The summed E-state index contributed by atoms with van der Waals surface area (Å²) in [5.41, 5.74) is 8.19. The number of hydrogen-bond acceptors (Lipinski definition) is 4. The predicted octanol–water partition coefficient (Wildman–Crippen LogP) is 5.92. The van der Waals surface area contributed by atoms with Crippen LogP contribution in [0.3, 0.4) is 0 Å². The van der Waals surface area contributed by atoms with Crippen molar-refractivity contribution in [2.24, 2.45) is 9.98 Å². The number of hydrogen-bond donors (Lipinski definition) is 1. The van der Waals surface area contributed by atoms with Crippen molar-refractivity contribution in [1.29, 1.82) is 0 Å². The summed E-state index contributed by atoms with van der Waals surface area (Å²) >= 11 is 0. The van der Waals surface area contributed by atoms with Crippen molar-refractivity contribution in [2.75, 3.05) is 23.8 Å². The summed E-state index contributed by atoms with van der Waals surface area (Å²) in [4.78, 5) is 22.7. The lowest BCUT2D eigenvalue weighted by molar-refractivity contribution is -0.114. The van der Waals surface area contributed by atoms with Crippen molar-refractivity contribution in [3.05, 3.63) is 144 Å². The number of fused-ring (bicyclic) bond motifs is 2. The number of aliphatic imine (C=N–C) groups is 2. The van der Waals surface area contributed by atoms with Gasteiger partial charge in [-0.15, -0.1) is 0 Å². The molecule has 0 saturated carbocycles. The maximum atomic E-state index is 11.6. The molecule has 4 aromatic rings. The number of para-hydroxylation sites is 2. The van der Waals surface area contributed by atoms with E-state index < -0.39 is 0 Å². The third-order valence-electron chi connectivity index (χ3n) is 5.96. The molecule has 0 aromatic heterocycles. The SMILES string of the molecule is CN1C=CN=C(c2ccccc2)c2ccccc21.O=C1CN=C(c2ccccc2)c2ccccc2N1. The maximum Gasteiger partial charge on any atom is 0.246 e. The average Bonchev–Trinajstić information content (AvgIpc) is 3.21. The first-order valence-corrected chi connectivity index (χ1v) is 11.8. The van der Waals surface area contributed by atoms with Gasteiger partial charge in [0.15, 0.2) is 0 Å². The van der Waals surface area contributed by atoms with Crippen LogP contribution in [-0.2, 0) is 4.79 Å². The van der Waals surface area contributed by atoms with Gasteiger partial charge < -0.3 is 10.2 Å². The van der Waals surface area contributed by atoms with Gasteiger partial charge >= 0.3 is 0 Å². The number of rotatable bonds is 2. The lowest BCUT2D eigenvalue weighted by Gasteiger charge is -2.17. The van der Waals surface area contributed by atoms with Crippen molar-refractivity contribution >= 4 is 28.7 Å². The zero-order valence-electron chi connectivity index (χ0n) is 20.0. The standard InChI is InChI=1S/C16H14N2.C15H12N2O/c1-18-12-11-17-16(13-7-3-2-4-8-13)14-9-5-6-10-15(14)18;18-14-10-16-15(11-6-2-1-3-7-11)12-8-4-5-9-13(12)17-14/h2-12H,1H3;1-9H,10H2,(H,17,18). The van der Waals surface area contributed by atoms with E-state index >= 15 is 0 Å². The van der Waals surface area contributed by atoms with E-state index in [1.165, 1.54) is 5.69 Å². The van der Waals surface area contributed by atoms with E-state index in [-0.39, 0.29) is 12.5 Å². The number of amides is 1. The molecule has 176 valence electrons. The normalized spacial score (nSPS) is 14.0. The summed E-state index contributed by atoms with van der Waals surface area (Å²) in [7, 11) is 2.04. The fourth-order valence-electron chi connectivity index (χ4n) is 4.23. The second-order valence-electron chi connectivity index (χ2n) is 8.39. The largest absolute Gasteiger partial charge is 0.349 e. The molecule has 1 N–H and O–H groups in total. The first-order chi connectivity index (χ1) is 17.7. The van der Waals surface area contributed by atoms with Gasteiger partial charge in [0.05, 0.1) is 17.1 Å². The Morgan fingerprint density at radius 2 is 1.28 bits per heavy atom. The highest BCUT2D eigenvalue weighted by Crippen LogP contribution is 2.25. The third kappa shape index (κ3) is 5.00. The smallest absolute Gasteiger partial charge is 0.246 e. The minimum atomic E-state index is -0.0756. The summed E-state index contributed by atoms with van der Waals surface area (Å²) in [6.45, 7) is 0.166. The number of nitrogens with zero attached hydrogens (tertiary/aromatic N) is 3. The van der Waals surface area contributed by atoms with Crippen LogP contribution in [-0.4, -0.2) is 30.9 Å². The first-order valence-electron chi connectivity index (χ1n) is 11.8. The lowest BCUT2D eigenvalue weighted by Crippen LogP contribution is -2.13. The molecule has 2 aliphatic rings. The minimum absolute atomic E-state index is 0.0756. The highest BCUT2D eigenvalue weighted by atomic mass is 16.1. The third-order valence-corrected chi connectivity index (χ3v) is 5.96. The fourth-order valence-corrected chi connectivity index (χ4v) is 4.23. The summed E-state index contributed by atoms with van der Waals surface area (Å²) < 4.78 is 0. The van der Waals surface area contributed by atoms with Gasteiger partial charge in [0.25, 0.3) is 0 Å². The Labute approximate surface area is 211 Å². The molecule has 2 heterocycles. The van der Waals surface area contributed by atoms with Crippen LogP contribution in [0.5, 0.6) is 0 Å². The van der Waals surface area contributed by atoms with Gasteiger partial charge in [0, 0.05) is 47.4 Å². The molecule has 0 fully saturated rings. The van der Waals surface area contributed by atoms with Crippen LogP contribution in [0.2, 0.25) is 0 Å². The van der Waals surface area contributed by atoms with Crippen molar-refractivity contribution in [1.82, 2.24) is 0 Å². The summed E-state index contributed by atoms with van der Waals surface area (Å²) in [6.07, 6.45) is 3.83. The molecule has 0 bridgehead atoms. The molecule has 36 heavy (non-hydrogen) atoms. The Kier molecular flexibility index (Phi) is 6.81. The second kappa shape index (κ2) is 10.7. The van der Waals surface area contributed by atoms with Crippen molar-refractivity contribution < 1.29 is 4.79 Å². The highest BCUT2D eigenvalue weighted by Gasteiger charge is 2.17. The Balaban J connectivity index is 0.000000148. The number of carbonyl (C=O) groups excluding carboxylic acids is 1. The van der Waals surface area contributed by atoms with E-state index in [2.05, 4.69) is 56.6 Å². The molecule has 5 heteroatoms. The molecular formula is C31H26N4O. The van der Waals surface area contributed by atoms with Gasteiger partial charge in [0.2, 0.25) is 5.91 Å². The molecule has 0 aliphatic carbocycles. The molecule has 0 atom stereocenters. The van der Waals surface area contributed by atoms with Crippen LogP contribution in [0.15, 0.2) is 132 Å². The van der Waals surface area contributed by atoms with Gasteiger partial charge in [-0.1, -0.05) is 97.1 Å². The monoisotopic (exact) mass is 470 g/mol. The lowest BCUT2D eigenvalue weighted by atomic mass is 10.0. The summed E-state index contributed by atoms with van der Waals surface area (Å²) in [5, 5.41) is 2.87. The van der Waals surface area contributed by atoms with Crippen LogP contribution in [0.4, 0.5) is 11.4 Å². The first kappa shape index (κ1) is 23.0. The zero-order chi connectivity index (χ0) is 24.7. The van der Waals surface area contributed by atoms with Crippen LogP contribution in [0, 0.1) is 0 Å². The molecule has 4 aromatic carbocycles. The van der Waals surface area contributed by atoms with Crippen LogP contribution >= 0.6 is 0 Å². The zero-order valence-corrected chi connectivity index (χ0v) is 20.0. The molecule has 0 radical (unpaired) electrons. The van der Waals surface area contributed by atoms with E-state index in [0.717, 1.165) is 39.4 Å². The van der Waals surface area contributed by atoms with Crippen molar-refractivity contribution in [3.8, 4) is 0 Å². The number of anilines is 2. The van der Waals surface area contributed by atoms with E-state index in [0.29, 0.717) is 0 Å². The summed E-state index contributed by atoms with van der Waals surface area (Å²) in [5.74, 6) is -0.0756. The number of nitrogens with one attached hydrogen (secondary N) is 1. The van der Waals surface area contributed by atoms with E-state index in [1.807, 2.05) is 92.2 Å². The summed E-state index contributed by atoms with van der Waals surface area (Å²) in [6, 6.07) is 36.3. The molecule has 0 unspecified atom stereocenters. The number of carbonyl (C=O) groups is 1. The van der Waals surface area contributed by atoms with Gasteiger partial charge in [0.1, 0.15) is 6.54 Å². The average molecular weight is 471 g/mol. The molecular weight excluding hydrogens is 444 g/mol. The van der Waals surface area contributed by atoms with Crippen LogP contribution < -0.4 is 10.2 Å². The van der Waals surface area contributed by atoms with E-state index in [4.69, 9.17) is 0 Å². The Morgan fingerprint density at radius 3 is 2.00 bits per heavy atom. The van der Waals surface area contributed by atoms with Gasteiger partial charge in [-0.25, -0.2) is 0 Å². The molecule has 0 spiro atoms. The highest BCUT2D eigenvalue weighted by molar-refractivity contribution is 6.19. The molecule has 6 rings (SSSR count). The van der Waals surface area contributed by atoms with E-state index in [1.54, 1.807) is 0 Å². The van der Waals surface area contributed by atoms with Crippen molar-refractivity contribution in [3.63, 3.8) is 0 Å². The number of benzodiazepines with no additional fused rings is 1. The molecule has 1 amide bonds. The number of benzene rings is 4. The fraction of sp³-hybridized carbons (Fsp3) is 0.0645. The Hall–Kier alpha value is -4.77. The maximum absolute atomic E-state index is 11.6. The quantitative estimate of drug-likeness (QED) is 0.395. The van der Waals surface area contributed by atoms with Gasteiger partial charge in [-0.2, -0.15) is 0 Å². The molecule has 5 nitrogen and oxygen atoms in total. The van der Waals surface area contributed by atoms with Crippen LogP contribution in [0.25, 0.3) is 0 Å². The second-order valence-corrected chi connectivity index (χ2v) is 8.39. The molecule has 0 saturated heterocycles. The topological polar surface area (TPSA) is 57.1 Å². The van der Waals surface area contributed by atoms with E-state index in [9.17, 15) is 4.79 Å². The predicted molar refractivity (Wildman–Crippen MR) is 148 cm³/mol. The van der Waals surface area contributed by atoms with Crippen molar-refractivity contribution in [2.45, 2.75) is 0 Å². The van der Waals surface area contributed by atoms with Gasteiger partial charge in [-0.3, -0.25) is 14.8 Å². The molecule has 2 aliphatic heterocycles.